The summed E-state index contributed by atoms with van der Waals surface area (Å²) in [6.45, 7) is 0. The molecule has 2 rings (SSSR count). The number of aromatic nitrogens is 1. The van der Waals surface area contributed by atoms with Crippen molar-refractivity contribution in [2.45, 2.75) is 38.1 Å². The minimum Gasteiger partial charge on any atom is -0.351 e. The molecule has 1 aliphatic rings. The molecule has 0 atom stereocenters. The summed E-state index contributed by atoms with van der Waals surface area (Å²) in [5.74, 6) is 0. The third kappa shape index (κ3) is 2.35. The van der Waals surface area contributed by atoms with Crippen molar-refractivity contribution in [3.05, 3.63) is 45.0 Å². The Balaban J connectivity index is 2.33. The zero-order chi connectivity index (χ0) is 10.7. The van der Waals surface area contributed by atoms with Crippen molar-refractivity contribution < 1.29 is 0 Å². The summed E-state index contributed by atoms with van der Waals surface area (Å²) >= 11 is 0. The summed E-state index contributed by atoms with van der Waals surface area (Å²) in [6, 6.07) is 3.21. The van der Waals surface area contributed by atoms with Gasteiger partial charge in [0.2, 0.25) is 10.9 Å². The molecule has 15 heavy (non-hydrogen) atoms. The van der Waals surface area contributed by atoms with Gasteiger partial charge in [0.1, 0.15) is 0 Å². The molecule has 0 bridgehead atoms. The molecule has 1 aliphatic carbocycles. The summed E-state index contributed by atoms with van der Waals surface area (Å²) in [4.78, 5) is 22.3. The molecule has 1 heterocycles. The Bertz CT molecular complexity index is 411. The van der Waals surface area contributed by atoms with Gasteiger partial charge in [0.25, 0.3) is 0 Å². The molecule has 0 N–H and O–H groups in total. The normalized spacial score (nSPS) is 17.6. The summed E-state index contributed by atoms with van der Waals surface area (Å²) in [6.07, 6.45) is 9.55. The van der Waals surface area contributed by atoms with Gasteiger partial charge >= 0.3 is 0 Å². The first kappa shape index (κ1) is 10.1. The van der Waals surface area contributed by atoms with E-state index in [0.29, 0.717) is 6.04 Å². The highest BCUT2D eigenvalue weighted by Gasteiger charge is 2.13. The van der Waals surface area contributed by atoms with Crippen LogP contribution in [-0.4, -0.2) is 4.57 Å². The molecule has 3 nitrogen and oxygen atoms in total. The average molecular weight is 205 g/mol. The Labute approximate surface area is 88.4 Å². The highest BCUT2D eigenvalue weighted by molar-refractivity contribution is 4.97. The van der Waals surface area contributed by atoms with E-state index in [4.69, 9.17) is 0 Å². The van der Waals surface area contributed by atoms with E-state index in [2.05, 4.69) is 0 Å². The van der Waals surface area contributed by atoms with E-state index < -0.39 is 10.9 Å². The highest BCUT2D eigenvalue weighted by Crippen LogP contribution is 2.26. The topological polar surface area (TPSA) is 39.1 Å². The molecular weight excluding hydrogens is 190 g/mol. The van der Waals surface area contributed by atoms with Gasteiger partial charge in [0.15, 0.2) is 0 Å². The van der Waals surface area contributed by atoms with Crippen LogP contribution in [0.4, 0.5) is 0 Å². The fraction of sp³-hybridized carbons (Fsp3) is 0.500. The second-order valence-electron chi connectivity index (χ2n) is 4.10. The zero-order valence-corrected chi connectivity index (χ0v) is 8.69. The third-order valence-corrected chi connectivity index (χ3v) is 3.04. The maximum Gasteiger partial charge on any atom is 0.227 e. The summed E-state index contributed by atoms with van der Waals surface area (Å²) < 4.78 is 2.00. The predicted molar refractivity (Wildman–Crippen MR) is 59.1 cm³/mol. The molecule has 0 unspecified atom stereocenters. The molecule has 1 aromatic heterocycles. The van der Waals surface area contributed by atoms with E-state index >= 15 is 0 Å². The lowest BCUT2D eigenvalue weighted by Crippen LogP contribution is -2.17. The van der Waals surface area contributed by atoms with Crippen molar-refractivity contribution >= 4 is 0 Å². The first-order valence-corrected chi connectivity index (χ1v) is 5.49. The van der Waals surface area contributed by atoms with Crippen LogP contribution in [0.1, 0.15) is 38.1 Å². The van der Waals surface area contributed by atoms with Crippen LogP contribution < -0.4 is 10.9 Å². The maximum absolute atomic E-state index is 11.1. The first-order chi connectivity index (χ1) is 7.27. The lowest BCUT2D eigenvalue weighted by atomic mass is 9.95. The van der Waals surface area contributed by atoms with Gasteiger partial charge in [-0.3, -0.25) is 9.59 Å². The predicted octanol–water partition coefficient (Wildman–Crippen LogP) is 1.71. The number of hydrogen-bond donors (Lipinski definition) is 0. The van der Waals surface area contributed by atoms with Crippen molar-refractivity contribution in [1.82, 2.24) is 4.57 Å². The van der Waals surface area contributed by atoms with Crippen LogP contribution in [0.25, 0.3) is 0 Å². The Morgan fingerprint density at radius 2 is 1.47 bits per heavy atom. The standard InChI is InChI=1S/C12H15NO2/c14-11-6-8-13(9-7-12(11)15)10-4-2-1-3-5-10/h6-10H,1-5H2. The molecule has 0 aromatic carbocycles. The summed E-state index contributed by atoms with van der Waals surface area (Å²) in [5, 5.41) is 0. The van der Waals surface area contributed by atoms with Crippen molar-refractivity contribution in [2.75, 3.05) is 0 Å². The Morgan fingerprint density at radius 3 is 2.00 bits per heavy atom. The second-order valence-corrected chi connectivity index (χ2v) is 4.10. The molecule has 0 amide bonds. The van der Waals surface area contributed by atoms with Crippen LogP contribution in [-0.2, 0) is 0 Å². The number of hydrogen-bond acceptors (Lipinski definition) is 2. The highest BCUT2D eigenvalue weighted by atomic mass is 16.2. The zero-order valence-electron chi connectivity index (χ0n) is 8.69. The second kappa shape index (κ2) is 4.43. The van der Waals surface area contributed by atoms with Crippen molar-refractivity contribution in [3.8, 4) is 0 Å². The van der Waals surface area contributed by atoms with Crippen LogP contribution >= 0.6 is 0 Å². The lowest BCUT2D eigenvalue weighted by molar-refractivity contribution is 0.352. The van der Waals surface area contributed by atoms with Gasteiger partial charge in [-0.25, -0.2) is 0 Å². The van der Waals surface area contributed by atoms with Crippen molar-refractivity contribution in [2.24, 2.45) is 0 Å². The van der Waals surface area contributed by atoms with Crippen LogP contribution in [0.5, 0.6) is 0 Å². The molecule has 80 valence electrons. The fourth-order valence-corrected chi connectivity index (χ4v) is 2.14. The van der Waals surface area contributed by atoms with E-state index in [1.807, 2.05) is 4.57 Å². The fourth-order valence-electron chi connectivity index (χ4n) is 2.14. The molecule has 0 spiro atoms. The minimum absolute atomic E-state index is 0.426. The molecule has 1 aromatic rings. The number of rotatable bonds is 1. The smallest absolute Gasteiger partial charge is 0.227 e. The molecule has 0 aliphatic heterocycles. The van der Waals surface area contributed by atoms with Crippen molar-refractivity contribution in [3.63, 3.8) is 0 Å². The van der Waals surface area contributed by atoms with Gasteiger partial charge < -0.3 is 4.57 Å². The van der Waals surface area contributed by atoms with Gasteiger partial charge in [-0.2, -0.15) is 0 Å². The van der Waals surface area contributed by atoms with Crippen LogP contribution in [0.15, 0.2) is 34.1 Å². The SMILES string of the molecule is O=c1ccn(C2CCCCC2)ccc1=O. The first-order valence-electron chi connectivity index (χ1n) is 5.49. The maximum atomic E-state index is 11.1. The molecule has 1 saturated carbocycles. The monoisotopic (exact) mass is 205 g/mol. The molecular formula is C12H15NO2. The van der Waals surface area contributed by atoms with Crippen molar-refractivity contribution in [1.29, 1.82) is 0 Å². The average Bonchev–Trinajstić information content (AvgIpc) is 2.44. The molecule has 1 fully saturated rings. The van der Waals surface area contributed by atoms with E-state index in [0.717, 1.165) is 12.8 Å². The van der Waals surface area contributed by atoms with Crippen LogP contribution in [0.3, 0.4) is 0 Å². The minimum atomic E-state index is -0.426. The van der Waals surface area contributed by atoms with E-state index in [9.17, 15) is 9.59 Å². The van der Waals surface area contributed by atoms with Crippen LogP contribution in [0, 0.1) is 0 Å². The van der Waals surface area contributed by atoms with Gasteiger partial charge in [-0.1, -0.05) is 19.3 Å². The Morgan fingerprint density at radius 1 is 0.933 bits per heavy atom. The van der Waals surface area contributed by atoms with Gasteiger partial charge in [-0.05, 0) is 12.8 Å². The largest absolute Gasteiger partial charge is 0.351 e. The van der Waals surface area contributed by atoms with Gasteiger partial charge in [0, 0.05) is 30.6 Å². The molecule has 3 heteroatoms. The molecule has 0 saturated heterocycles. The third-order valence-electron chi connectivity index (χ3n) is 3.04. The Hall–Kier alpha value is -1.38. The van der Waals surface area contributed by atoms with E-state index in [1.165, 1.54) is 31.4 Å². The van der Waals surface area contributed by atoms with E-state index in [-0.39, 0.29) is 0 Å². The summed E-state index contributed by atoms with van der Waals surface area (Å²) in [7, 11) is 0. The lowest BCUT2D eigenvalue weighted by Gasteiger charge is -2.23. The van der Waals surface area contributed by atoms with Gasteiger partial charge in [0.05, 0.1) is 0 Å². The molecule has 0 radical (unpaired) electrons. The summed E-state index contributed by atoms with van der Waals surface area (Å²) in [5.41, 5.74) is -0.853. The Kier molecular flexibility index (Phi) is 2.99. The van der Waals surface area contributed by atoms with Gasteiger partial charge in [-0.15, -0.1) is 0 Å². The van der Waals surface area contributed by atoms with E-state index in [1.54, 1.807) is 12.4 Å². The van der Waals surface area contributed by atoms with Crippen LogP contribution in [0.2, 0.25) is 0 Å². The quantitative estimate of drug-likeness (QED) is 0.655. The number of nitrogens with zero attached hydrogens (tertiary/aromatic N) is 1.